The summed E-state index contributed by atoms with van der Waals surface area (Å²) in [5, 5.41) is 0. The van der Waals surface area contributed by atoms with Crippen LogP contribution in [-0.4, -0.2) is 44.5 Å². The van der Waals surface area contributed by atoms with E-state index in [-0.39, 0.29) is 5.57 Å². The summed E-state index contributed by atoms with van der Waals surface area (Å²) in [7, 11) is 4.38. The predicted octanol–water partition coefficient (Wildman–Crippen LogP) is 0.143. The summed E-state index contributed by atoms with van der Waals surface area (Å²) in [6.45, 7) is -1.20. The average Bonchev–Trinajstić information content (AvgIpc) is 2.11. The van der Waals surface area contributed by atoms with Gasteiger partial charge >= 0.3 is 5.97 Å². The number of halogens is 1. The number of nitrogens with zero attached hydrogens (tertiary/aromatic N) is 1. The minimum absolute atomic E-state index is 0.282. The summed E-state index contributed by atoms with van der Waals surface area (Å²) in [6, 6.07) is 0. The smallest absolute Gasteiger partial charge is 0.343 e. The first-order valence-electron chi connectivity index (χ1n) is 3.58. The highest BCUT2D eigenvalue weighted by Crippen LogP contribution is 2.01. The number of alkyl halides is 1. The van der Waals surface area contributed by atoms with Gasteiger partial charge in [0.05, 0.1) is 7.11 Å². The highest BCUT2D eigenvalue weighted by Gasteiger charge is 2.18. The van der Waals surface area contributed by atoms with Crippen molar-refractivity contribution in [1.29, 1.82) is 0 Å². The molecule has 74 valence electrons. The van der Waals surface area contributed by atoms with Crippen molar-refractivity contribution in [1.82, 2.24) is 4.90 Å². The Labute approximate surface area is 76.0 Å². The van der Waals surface area contributed by atoms with Crippen LogP contribution in [0.4, 0.5) is 4.39 Å². The van der Waals surface area contributed by atoms with Gasteiger partial charge in [-0.25, -0.2) is 9.18 Å². The second-order valence-electron chi connectivity index (χ2n) is 2.55. The van der Waals surface area contributed by atoms with Crippen LogP contribution in [0.2, 0.25) is 0 Å². The fourth-order valence-corrected chi connectivity index (χ4v) is 0.679. The van der Waals surface area contributed by atoms with Gasteiger partial charge in [-0.05, 0) is 0 Å². The van der Waals surface area contributed by atoms with Crippen LogP contribution >= 0.6 is 0 Å². The SMILES string of the molecule is COC(=O)C(=CN(C)C)C(=O)CF. The number of ketones is 1. The first-order chi connectivity index (χ1) is 6.02. The molecule has 0 aliphatic heterocycles. The number of hydrogen-bond donors (Lipinski definition) is 0. The van der Waals surface area contributed by atoms with Gasteiger partial charge < -0.3 is 9.64 Å². The van der Waals surface area contributed by atoms with Crippen LogP contribution < -0.4 is 0 Å². The van der Waals surface area contributed by atoms with E-state index in [1.807, 2.05) is 0 Å². The zero-order valence-corrected chi connectivity index (χ0v) is 7.83. The molecular formula is C8H12FNO3. The number of carbonyl (C=O) groups excluding carboxylic acids is 2. The van der Waals surface area contributed by atoms with E-state index in [0.29, 0.717) is 0 Å². The zero-order valence-electron chi connectivity index (χ0n) is 7.83. The molecule has 0 bridgehead atoms. The van der Waals surface area contributed by atoms with Gasteiger partial charge in [-0.2, -0.15) is 0 Å². The Morgan fingerprint density at radius 2 is 2.00 bits per heavy atom. The van der Waals surface area contributed by atoms with Crippen molar-refractivity contribution in [2.24, 2.45) is 0 Å². The molecule has 0 radical (unpaired) electrons. The van der Waals surface area contributed by atoms with E-state index in [2.05, 4.69) is 4.74 Å². The number of rotatable bonds is 4. The summed E-state index contributed by atoms with van der Waals surface area (Å²) in [6.07, 6.45) is 1.23. The van der Waals surface area contributed by atoms with Gasteiger partial charge in [-0.3, -0.25) is 4.79 Å². The maximum atomic E-state index is 12.0. The molecule has 0 spiro atoms. The van der Waals surface area contributed by atoms with Gasteiger partial charge in [0.1, 0.15) is 5.57 Å². The molecule has 0 aromatic carbocycles. The first kappa shape index (κ1) is 11.6. The Bertz CT molecular complexity index is 218. The molecule has 0 aliphatic rings. The van der Waals surface area contributed by atoms with Gasteiger partial charge in [0.25, 0.3) is 0 Å². The van der Waals surface area contributed by atoms with Crippen LogP contribution in [0, 0.1) is 0 Å². The number of esters is 1. The van der Waals surface area contributed by atoms with E-state index < -0.39 is 18.4 Å². The Hall–Kier alpha value is -1.39. The first-order valence-corrected chi connectivity index (χ1v) is 3.58. The van der Waals surface area contributed by atoms with Crippen molar-refractivity contribution >= 4 is 11.8 Å². The normalized spacial score (nSPS) is 10.9. The van der Waals surface area contributed by atoms with Gasteiger partial charge in [-0.15, -0.1) is 0 Å². The van der Waals surface area contributed by atoms with Crippen molar-refractivity contribution in [2.75, 3.05) is 27.9 Å². The lowest BCUT2D eigenvalue weighted by molar-refractivity contribution is -0.138. The van der Waals surface area contributed by atoms with Crippen LogP contribution in [0.1, 0.15) is 0 Å². The van der Waals surface area contributed by atoms with E-state index >= 15 is 0 Å². The fourth-order valence-electron chi connectivity index (χ4n) is 0.679. The predicted molar refractivity (Wildman–Crippen MR) is 44.8 cm³/mol. The number of hydrogen-bond acceptors (Lipinski definition) is 4. The quantitative estimate of drug-likeness (QED) is 0.273. The van der Waals surface area contributed by atoms with E-state index in [0.717, 1.165) is 7.11 Å². The molecule has 0 N–H and O–H groups in total. The summed E-state index contributed by atoms with van der Waals surface area (Å²) in [5.74, 6) is -1.70. The van der Waals surface area contributed by atoms with Gasteiger partial charge in [0.15, 0.2) is 6.67 Å². The summed E-state index contributed by atoms with van der Waals surface area (Å²) >= 11 is 0. The highest BCUT2D eigenvalue weighted by molar-refractivity contribution is 6.17. The molecule has 4 nitrogen and oxygen atoms in total. The van der Waals surface area contributed by atoms with E-state index in [1.165, 1.54) is 11.1 Å². The molecule has 0 unspecified atom stereocenters. The molecule has 0 rings (SSSR count). The summed E-state index contributed by atoms with van der Waals surface area (Å²) in [4.78, 5) is 23.3. The second-order valence-corrected chi connectivity index (χ2v) is 2.55. The van der Waals surface area contributed by atoms with E-state index in [1.54, 1.807) is 14.1 Å². The van der Waals surface area contributed by atoms with Crippen molar-refractivity contribution in [3.05, 3.63) is 11.8 Å². The van der Waals surface area contributed by atoms with Crippen LogP contribution in [0.5, 0.6) is 0 Å². The maximum absolute atomic E-state index is 12.0. The van der Waals surface area contributed by atoms with Gasteiger partial charge in [0, 0.05) is 20.3 Å². The molecule has 13 heavy (non-hydrogen) atoms. The van der Waals surface area contributed by atoms with E-state index in [4.69, 9.17) is 0 Å². The molecule has 0 aliphatic carbocycles. The fraction of sp³-hybridized carbons (Fsp3) is 0.500. The molecule has 0 aromatic heterocycles. The van der Waals surface area contributed by atoms with Crippen molar-refractivity contribution in [3.63, 3.8) is 0 Å². The highest BCUT2D eigenvalue weighted by atomic mass is 19.1. The lowest BCUT2D eigenvalue weighted by atomic mass is 10.2. The van der Waals surface area contributed by atoms with Crippen LogP contribution in [-0.2, 0) is 14.3 Å². The summed E-state index contributed by atoms with van der Waals surface area (Å²) in [5.41, 5.74) is -0.282. The lowest BCUT2D eigenvalue weighted by Gasteiger charge is -2.07. The molecule has 0 saturated heterocycles. The van der Waals surface area contributed by atoms with E-state index in [9.17, 15) is 14.0 Å². The van der Waals surface area contributed by atoms with Crippen LogP contribution in [0.25, 0.3) is 0 Å². The molecule has 0 amide bonds. The molecule has 5 heteroatoms. The molecular weight excluding hydrogens is 177 g/mol. The molecule has 0 fully saturated rings. The minimum atomic E-state index is -1.20. The Balaban J connectivity index is 4.75. The molecule has 0 aromatic rings. The third-order valence-electron chi connectivity index (χ3n) is 1.21. The topological polar surface area (TPSA) is 46.6 Å². The van der Waals surface area contributed by atoms with Crippen LogP contribution in [0.15, 0.2) is 11.8 Å². The largest absolute Gasteiger partial charge is 0.465 e. The second kappa shape index (κ2) is 5.29. The van der Waals surface area contributed by atoms with Crippen molar-refractivity contribution in [2.45, 2.75) is 0 Å². The molecule has 0 saturated carbocycles. The maximum Gasteiger partial charge on any atom is 0.343 e. The number of Topliss-reactive ketones (excluding diaryl/α,β-unsaturated/α-hetero) is 1. The monoisotopic (exact) mass is 189 g/mol. The Morgan fingerprint density at radius 1 is 1.46 bits per heavy atom. The summed E-state index contributed by atoms with van der Waals surface area (Å²) < 4.78 is 16.3. The minimum Gasteiger partial charge on any atom is -0.465 e. The van der Waals surface area contributed by atoms with Crippen molar-refractivity contribution in [3.8, 4) is 0 Å². The lowest BCUT2D eigenvalue weighted by Crippen LogP contribution is -2.19. The molecule has 0 atom stereocenters. The third-order valence-corrected chi connectivity index (χ3v) is 1.21. The Morgan fingerprint density at radius 3 is 2.31 bits per heavy atom. The van der Waals surface area contributed by atoms with Crippen LogP contribution in [0.3, 0.4) is 0 Å². The van der Waals surface area contributed by atoms with Gasteiger partial charge in [0.2, 0.25) is 5.78 Å². The van der Waals surface area contributed by atoms with Gasteiger partial charge in [-0.1, -0.05) is 0 Å². The number of ether oxygens (including phenoxy) is 1. The Kier molecular flexibility index (Phi) is 4.72. The average molecular weight is 189 g/mol. The number of methoxy groups -OCH3 is 1. The van der Waals surface area contributed by atoms with Crippen molar-refractivity contribution < 1.29 is 18.7 Å². The molecule has 0 heterocycles. The zero-order chi connectivity index (χ0) is 10.4. The number of carbonyl (C=O) groups is 2. The third kappa shape index (κ3) is 3.68. The standard InChI is InChI=1S/C8H12FNO3/c1-10(2)5-6(7(11)4-9)8(12)13-3/h5H,4H2,1-3H3.